The highest BCUT2D eigenvalue weighted by Gasteiger charge is 2.11. The van der Waals surface area contributed by atoms with E-state index >= 15 is 0 Å². The van der Waals surface area contributed by atoms with E-state index in [1.807, 2.05) is 0 Å². The number of nitriles is 1. The van der Waals surface area contributed by atoms with Crippen molar-refractivity contribution in [3.05, 3.63) is 56.5 Å². The minimum Gasteiger partial charge on any atom is -0.495 e. The molecule has 0 aromatic heterocycles. The van der Waals surface area contributed by atoms with Gasteiger partial charge in [0.2, 0.25) is 0 Å². The zero-order valence-corrected chi connectivity index (χ0v) is 13.4. The van der Waals surface area contributed by atoms with Crippen LogP contribution in [0.2, 0.25) is 15.1 Å². The molecule has 2 aromatic carbocycles. The summed E-state index contributed by atoms with van der Waals surface area (Å²) in [7, 11) is 1.54. The van der Waals surface area contributed by atoms with E-state index in [0.717, 1.165) is 5.69 Å². The number of rotatable bonds is 4. The summed E-state index contributed by atoms with van der Waals surface area (Å²) in [5, 5.41) is 13.5. The molecule has 0 heterocycles. The molecule has 0 atom stereocenters. The SMILES string of the molecule is COc1cc(C#N)ccc1NCc1c(Cl)ccc(Cl)c1Cl. The van der Waals surface area contributed by atoms with Crippen LogP contribution in [0, 0.1) is 11.3 Å². The van der Waals surface area contributed by atoms with Crippen molar-refractivity contribution < 1.29 is 4.74 Å². The van der Waals surface area contributed by atoms with Gasteiger partial charge < -0.3 is 10.1 Å². The summed E-state index contributed by atoms with van der Waals surface area (Å²) in [5.41, 5.74) is 1.97. The Labute approximate surface area is 138 Å². The normalized spacial score (nSPS) is 10.0. The Bertz CT molecular complexity index is 711. The lowest BCUT2D eigenvalue weighted by Crippen LogP contribution is -2.03. The average Bonchev–Trinajstić information content (AvgIpc) is 2.51. The first kappa shape index (κ1) is 15.8. The molecule has 0 bridgehead atoms. The maximum absolute atomic E-state index is 8.88. The third kappa shape index (κ3) is 3.54. The molecular formula is C15H11Cl3N2O. The maximum Gasteiger partial charge on any atom is 0.143 e. The van der Waals surface area contributed by atoms with Gasteiger partial charge in [0.15, 0.2) is 0 Å². The maximum atomic E-state index is 8.88. The van der Waals surface area contributed by atoms with Gasteiger partial charge in [-0.2, -0.15) is 5.26 Å². The van der Waals surface area contributed by atoms with E-state index in [4.69, 9.17) is 44.8 Å². The highest BCUT2D eigenvalue weighted by molar-refractivity contribution is 6.44. The third-order valence-corrected chi connectivity index (χ3v) is 4.12. The Morgan fingerprint density at radius 3 is 2.52 bits per heavy atom. The first-order chi connectivity index (χ1) is 10.1. The van der Waals surface area contributed by atoms with Crippen molar-refractivity contribution in [1.82, 2.24) is 0 Å². The summed E-state index contributed by atoms with van der Waals surface area (Å²) < 4.78 is 5.25. The predicted molar refractivity (Wildman–Crippen MR) is 86.5 cm³/mol. The van der Waals surface area contributed by atoms with Crippen molar-refractivity contribution in [2.45, 2.75) is 6.54 Å². The second-order valence-electron chi connectivity index (χ2n) is 4.20. The van der Waals surface area contributed by atoms with Crippen molar-refractivity contribution >= 4 is 40.5 Å². The van der Waals surface area contributed by atoms with Crippen LogP contribution in [0.5, 0.6) is 5.75 Å². The van der Waals surface area contributed by atoms with Crippen LogP contribution in [0.4, 0.5) is 5.69 Å². The number of benzene rings is 2. The topological polar surface area (TPSA) is 45.0 Å². The first-order valence-corrected chi connectivity index (χ1v) is 7.14. The first-order valence-electron chi connectivity index (χ1n) is 6.01. The van der Waals surface area contributed by atoms with Gasteiger partial charge >= 0.3 is 0 Å². The molecule has 2 rings (SSSR count). The Morgan fingerprint density at radius 2 is 1.86 bits per heavy atom. The standard InChI is InChI=1S/C15H11Cl3N2O/c1-21-14-6-9(7-19)2-5-13(14)20-8-10-11(16)3-4-12(17)15(10)18/h2-6,20H,8H2,1H3. The van der Waals surface area contributed by atoms with E-state index in [-0.39, 0.29) is 0 Å². The van der Waals surface area contributed by atoms with Crippen molar-refractivity contribution in [3.8, 4) is 11.8 Å². The van der Waals surface area contributed by atoms with Gasteiger partial charge in [-0.15, -0.1) is 0 Å². The van der Waals surface area contributed by atoms with Gasteiger partial charge in [-0.1, -0.05) is 34.8 Å². The van der Waals surface area contributed by atoms with Crippen LogP contribution in [-0.4, -0.2) is 7.11 Å². The van der Waals surface area contributed by atoms with Crippen LogP contribution in [0.1, 0.15) is 11.1 Å². The van der Waals surface area contributed by atoms with E-state index in [9.17, 15) is 0 Å². The van der Waals surface area contributed by atoms with E-state index in [1.54, 1.807) is 37.4 Å². The van der Waals surface area contributed by atoms with E-state index in [2.05, 4.69) is 11.4 Å². The van der Waals surface area contributed by atoms with Crippen LogP contribution in [0.15, 0.2) is 30.3 Å². The lowest BCUT2D eigenvalue weighted by atomic mass is 10.2. The summed E-state index contributed by atoms with van der Waals surface area (Å²) in [6.07, 6.45) is 0. The molecule has 0 amide bonds. The quantitative estimate of drug-likeness (QED) is 0.783. The minimum atomic E-state index is 0.389. The number of halogens is 3. The highest BCUT2D eigenvalue weighted by Crippen LogP contribution is 2.33. The minimum absolute atomic E-state index is 0.389. The lowest BCUT2D eigenvalue weighted by Gasteiger charge is -2.13. The predicted octanol–water partition coefficient (Wildman–Crippen LogP) is 5.14. The van der Waals surface area contributed by atoms with Gasteiger partial charge in [0.25, 0.3) is 0 Å². The van der Waals surface area contributed by atoms with Gasteiger partial charge in [-0.05, 0) is 24.3 Å². The van der Waals surface area contributed by atoms with E-state index in [0.29, 0.717) is 38.5 Å². The summed E-state index contributed by atoms with van der Waals surface area (Å²) in [5.74, 6) is 0.573. The fraction of sp³-hybridized carbons (Fsp3) is 0.133. The molecule has 0 aliphatic rings. The van der Waals surface area contributed by atoms with E-state index in [1.165, 1.54) is 0 Å². The summed E-state index contributed by atoms with van der Waals surface area (Å²) in [6.45, 7) is 0.389. The van der Waals surface area contributed by atoms with Gasteiger partial charge in [0, 0.05) is 23.2 Å². The average molecular weight is 342 g/mol. The third-order valence-electron chi connectivity index (χ3n) is 2.93. The second kappa shape index (κ2) is 6.91. The van der Waals surface area contributed by atoms with Gasteiger partial charge in [-0.3, -0.25) is 0 Å². The van der Waals surface area contributed by atoms with Crippen molar-refractivity contribution in [2.75, 3.05) is 12.4 Å². The van der Waals surface area contributed by atoms with Crippen molar-refractivity contribution in [3.63, 3.8) is 0 Å². The van der Waals surface area contributed by atoms with Crippen LogP contribution in [0.25, 0.3) is 0 Å². The number of hydrogen-bond acceptors (Lipinski definition) is 3. The van der Waals surface area contributed by atoms with Crippen LogP contribution < -0.4 is 10.1 Å². The summed E-state index contributed by atoms with van der Waals surface area (Å²) in [6, 6.07) is 10.5. The molecular weight excluding hydrogens is 331 g/mol. The highest BCUT2D eigenvalue weighted by atomic mass is 35.5. The molecule has 0 radical (unpaired) electrons. The van der Waals surface area contributed by atoms with Gasteiger partial charge in [0.05, 0.1) is 34.5 Å². The molecule has 108 valence electrons. The van der Waals surface area contributed by atoms with Gasteiger partial charge in [-0.25, -0.2) is 0 Å². The van der Waals surface area contributed by atoms with Crippen molar-refractivity contribution in [1.29, 1.82) is 5.26 Å². The molecule has 3 nitrogen and oxygen atoms in total. The lowest BCUT2D eigenvalue weighted by molar-refractivity contribution is 0.416. The second-order valence-corrected chi connectivity index (χ2v) is 5.39. The molecule has 0 saturated heterocycles. The molecule has 6 heteroatoms. The molecule has 0 saturated carbocycles. The monoisotopic (exact) mass is 340 g/mol. The summed E-state index contributed by atoms with van der Waals surface area (Å²) in [4.78, 5) is 0. The number of anilines is 1. The molecule has 1 N–H and O–H groups in total. The molecule has 0 unspecified atom stereocenters. The van der Waals surface area contributed by atoms with Gasteiger partial charge in [0.1, 0.15) is 5.75 Å². The smallest absolute Gasteiger partial charge is 0.143 e. The van der Waals surface area contributed by atoms with E-state index < -0.39 is 0 Å². The Kier molecular flexibility index (Phi) is 5.19. The number of hydrogen-bond donors (Lipinski definition) is 1. The molecule has 0 aliphatic heterocycles. The van der Waals surface area contributed by atoms with Crippen LogP contribution in [0.3, 0.4) is 0 Å². The molecule has 0 fully saturated rings. The molecule has 0 spiro atoms. The zero-order chi connectivity index (χ0) is 15.4. The Hall–Kier alpha value is -1.60. The summed E-state index contributed by atoms with van der Waals surface area (Å²) >= 11 is 18.3. The zero-order valence-electron chi connectivity index (χ0n) is 11.1. The Balaban J connectivity index is 2.25. The fourth-order valence-electron chi connectivity index (χ4n) is 1.82. The van der Waals surface area contributed by atoms with Crippen LogP contribution in [-0.2, 0) is 6.54 Å². The van der Waals surface area contributed by atoms with Crippen LogP contribution >= 0.6 is 34.8 Å². The molecule has 0 aliphatic carbocycles. The number of ether oxygens (including phenoxy) is 1. The van der Waals surface area contributed by atoms with Crippen molar-refractivity contribution in [2.24, 2.45) is 0 Å². The number of nitrogens with one attached hydrogen (secondary N) is 1. The largest absolute Gasteiger partial charge is 0.495 e. The molecule has 21 heavy (non-hydrogen) atoms. The molecule has 2 aromatic rings. The Morgan fingerprint density at radius 1 is 1.14 bits per heavy atom. The number of methoxy groups -OCH3 is 1. The fourth-order valence-corrected chi connectivity index (χ4v) is 2.50. The number of nitrogens with zero attached hydrogens (tertiary/aromatic N) is 1.